The quantitative estimate of drug-likeness (QED) is 0.443. The molecule has 8 nitrogen and oxygen atoms in total. The van der Waals surface area contributed by atoms with Crippen LogP contribution in [0.3, 0.4) is 0 Å². The summed E-state index contributed by atoms with van der Waals surface area (Å²) in [6, 6.07) is 18.7. The number of aliphatic carboxylic acids is 1. The number of ether oxygens (including phenoxy) is 2. The molecule has 3 aromatic carbocycles. The number of carboxylic acid groups (broad SMARTS) is 1. The lowest BCUT2D eigenvalue weighted by atomic mass is 10.1. The van der Waals surface area contributed by atoms with Crippen molar-refractivity contribution >= 4 is 41.1 Å². The summed E-state index contributed by atoms with van der Waals surface area (Å²) in [5, 5.41) is 12.4. The molecule has 0 bridgehead atoms. The number of nitrogens with one attached hydrogen (secondary N) is 1. The van der Waals surface area contributed by atoms with Crippen LogP contribution >= 0.6 is 11.6 Å². The Hall–Kier alpha value is -4.17. The van der Waals surface area contributed by atoms with E-state index < -0.39 is 36.0 Å². The molecule has 0 unspecified atom stereocenters. The molecule has 35 heavy (non-hydrogen) atoms. The monoisotopic (exact) mass is 495 g/mol. The van der Waals surface area contributed by atoms with Gasteiger partial charge in [-0.15, -0.1) is 0 Å². The van der Waals surface area contributed by atoms with Gasteiger partial charge in [-0.25, -0.2) is 14.4 Å². The first-order chi connectivity index (χ1) is 16.7. The van der Waals surface area contributed by atoms with Crippen molar-refractivity contribution in [2.75, 3.05) is 5.32 Å². The van der Waals surface area contributed by atoms with Gasteiger partial charge < -0.3 is 19.9 Å². The smallest absolute Gasteiger partial charge is 0.349 e. The number of para-hydroxylation sites is 1. The molecule has 0 aliphatic carbocycles. The van der Waals surface area contributed by atoms with Crippen LogP contribution in [0.5, 0.6) is 0 Å². The minimum atomic E-state index is -2.14. The predicted molar refractivity (Wildman–Crippen MR) is 128 cm³/mol. The Morgan fingerprint density at radius 1 is 0.743 bits per heavy atom. The zero-order valence-corrected chi connectivity index (χ0v) is 19.6. The lowest BCUT2D eigenvalue weighted by Gasteiger charge is -2.24. The SMILES string of the molecule is Cc1ccc(C(=O)O[C@H](C(=O)O)[C@H](OC(=O)c2ccc(C)cc2)C(=O)Nc2ccccc2Cl)cc1. The van der Waals surface area contributed by atoms with Crippen LogP contribution in [0.1, 0.15) is 31.8 Å². The summed E-state index contributed by atoms with van der Waals surface area (Å²) in [6.45, 7) is 3.63. The highest BCUT2D eigenvalue weighted by atomic mass is 35.5. The van der Waals surface area contributed by atoms with Gasteiger partial charge in [0, 0.05) is 0 Å². The topological polar surface area (TPSA) is 119 Å². The number of benzene rings is 3. The number of carbonyl (C=O) groups is 4. The zero-order valence-electron chi connectivity index (χ0n) is 18.9. The van der Waals surface area contributed by atoms with E-state index in [1.54, 1.807) is 36.4 Å². The van der Waals surface area contributed by atoms with Crippen LogP contribution in [-0.2, 0) is 19.1 Å². The maximum atomic E-state index is 13.1. The summed E-state index contributed by atoms with van der Waals surface area (Å²) < 4.78 is 10.4. The first-order valence-corrected chi connectivity index (χ1v) is 10.9. The molecule has 2 N–H and O–H groups in total. The fourth-order valence-corrected chi connectivity index (χ4v) is 3.19. The summed E-state index contributed by atoms with van der Waals surface area (Å²) in [6.07, 6.45) is -4.16. The Labute approximate surface area is 206 Å². The minimum absolute atomic E-state index is 0.0666. The van der Waals surface area contributed by atoms with Gasteiger partial charge in [-0.1, -0.05) is 59.1 Å². The van der Waals surface area contributed by atoms with Crippen molar-refractivity contribution in [1.82, 2.24) is 0 Å². The number of hydrogen-bond acceptors (Lipinski definition) is 6. The summed E-state index contributed by atoms with van der Waals surface area (Å²) in [7, 11) is 0. The highest BCUT2D eigenvalue weighted by molar-refractivity contribution is 6.33. The molecule has 3 rings (SSSR count). The molecule has 1 amide bonds. The fourth-order valence-electron chi connectivity index (χ4n) is 3.01. The van der Waals surface area contributed by atoms with Crippen LogP contribution in [0.15, 0.2) is 72.8 Å². The molecule has 0 radical (unpaired) electrons. The van der Waals surface area contributed by atoms with Crippen LogP contribution in [-0.4, -0.2) is 41.1 Å². The van der Waals surface area contributed by atoms with E-state index in [1.165, 1.54) is 36.4 Å². The molecule has 0 saturated carbocycles. The third kappa shape index (κ3) is 6.68. The van der Waals surface area contributed by atoms with E-state index in [4.69, 9.17) is 21.1 Å². The third-order valence-electron chi connectivity index (χ3n) is 4.95. The molecular formula is C26H22ClNO7. The highest BCUT2D eigenvalue weighted by Crippen LogP contribution is 2.22. The number of rotatable bonds is 8. The molecule has 0 heterocycles. The van der Waals surface area contributed by atoms with Crippen LogP contribution < -0.4 is 5.32 Å². The highest BCUT2D eigenvalue weighted by Gasteiger charge is 2.41. The molecule has 0 saturated heterocycles. The average molecular weight is 496 g/mol. The van der Waals surface area contributed by atoms with Crippen molar-refractivity contribution in [1.29, 1.82) is 0 Å². The molecule has 0 aliphatic rings. The van der Waals surface area contributed by atoms with E-state index in [-0.39, 0.29) is 21.8 Å². The largest absolute Gasteiger partial charge is 0.478 e. The summed E-state index contributed by atoms with van der Waals surface area (Å²) in [4.78, 5) is 50.5. The molecule has 9 heteroatoms. The van der Waals surface area contributed by atoms with Gasteiger partial charge in [0.05, 0.1) is 21.8 Å². The number of aryl methyl sites for hydroxylation is 2. The molecule has 180 valence electrons. The van der Waals surface area contributed by atoms with Crippen molar-refractivity contribution in [2.45, 2.75) is 26.1 Å². The Balaban J connectivity index is 1.91. The summed E-state index contributed by atoms with van der Waals surface area (Å²) in [5.74, 6) is -4.69. The fraction of sp³-hybridized carbons (Fsp3) is 0.154. The van der Waals surface area contributed by atoms with E-state index in [0.29, 0.717) is 0 Å². The molecule has 0 aliphatic heterocycles. The second kappa shape index (κ2) is 11.3. The first-order valence-electron chi connectivity index (χ1n) is 10.5. The van der Waals surface area contributed by atoms with Crippen LogP contribution in [0.2, 0.25) is 5.02 Å². The second-order valence-corrected chi connectivity index (χ2v) is 8.10. The molecule has 2 atom stereocenters. The predicted octanol–water partition coefficient (Wildman–Crippen LogP) is 4.43. The molecule has 0 aromatic heterocycles. The number of hydrogen-bond donors (Lipinski definition) is 2. The Morgan fingerprint density at radius 3 is 1.66 bits per heavy atom. The second-order valence-electron chi connectivity index (χ2n) is 7.69. The van der Waals surface area contributed by atoms with E-state index in [2.05, 4.69) is 5.32 Å². The van der Waals surface area contributed by atoms with Crippen molar-refractivity contribution < 1.29 is 33.8 Å². The van der Waals surface area contributed by atoms with Gasteiger partial charge in [-0.05, 0) is 50.2 Å². The van der Waals surface area contributed by atoms with E-state index in [1.807, 2.05) is 13.8 Å². The Morgan fingerprint density at radius 2 is 1.20 bits per heavy atom. The van der Waals surface area contributed by atoms with Gasteiger partial charge in [0.1, 0.15) is 0 Å². The lowest BCUT2D eigenvalue weighted by Crippen LogP contribution is -2.48. The molecule has 0 fully saturated rings. The van der Waals surface area contributed by atoms with Crippen LogP contribution in [0.4, 0.5) is 5.69 Å². The van der Waals surface area contributed by atoms with Gasteiger partial charge >= 0.3 is 17.9 Å². The van der Waals surface area contributed by atoms with Crippen molar-refractivity contribution in [3.8, 4) is 0 Å². The number of carbonyl (C=O) groups excluding carboxylic acids is 3. The van der Waals surface area contributed by atoms with E-state index >= 15 is 0 Å². The number of carboxylic acids is 1. The number of anilines is 1. The van der Waals surface area contributed by atoms with Crippen LogP contribution in [0, 0.1) is 13.8 Å². The zero-order chi connectivity index (χ0) is 25.5. The third-order valence-corrected chi connectivity index (χ3v) is 5.28. The van der Waals surface area contributed by atoms with Crippen molar-refractivity contribution in [3.05, 3.63) is 100 Å². The Kier molecular flexibility index (Phi) is 8.22. The maximum Gasteiger partial charge on any atom is 0.349 e. The standard InChI is InChI=1S/C26H22ClNO7/c1-15-7-11-17(12-8-15)25(32)34-21(23(29)28-20-6-4-3-5-19(20)27)22(24(30)31)35-26(33)18-13-9-16(2)10-14-18/h3-14,21-22H,1-2H3,(H,28,29)(H,30,31)/t21-,22-/m0/s1. The van der Waals surface area contributed by atoms with Gasteiger partial charge in [0.15, 0.2) is 0 Å². The minimum Gasteiger partial charge on any atom is -0.478 e. The van der Waals surface area contributed by atoms with Crippen molar-refractivity contribution in [3.63, 3.8) is 0 Å². The number of halogens is 1. The van der Waals surface area contributed by atoms with Crippen molar-refractivity contribution in [2.24, 2.45) is 0 Å². The van der Waals surface area contributed by atoms with E-state index in [0.717, 1.165) is 11.1 Å². The number of amides is 1. The normalized spacial score (nSPS) is 12.2. The summed E-state index contributed by atoms with van der Waals surface area (Å²) in [5.41, 5.74) is 2.06. The number of esters is 2. The maximum absolute atomic E-state index is 13.1. The van der Waals surface area contributed by atoms with Crippen LogP contribution in [0.25, 0.3) is 0 Å². The van der Waals surface area contributed by atoms with Gasteiger partial charge in [-0.2, -0.15) is 0 Å². The molecule has 0 spiro atoms. The van der Waals surface area contributed by atoms with E-state index in [9.17, 15) is 24.3 Å². The first kappa shape index (κ1) is 25.5. The lowest BCUT2D eigenvalue weighted by molar-refractivity contribution is -0.157. The average Bonchev–Trinajstić information content (AvgIpc) is 2.83. The summed E-state index contributed by atoms with van der Waals surface area (Å²) >= 11 is 6.08. The molecular weight excluding hydrogens is 474 g/mol. The molecule has 3 aromatic rings. The van der Waals surface area contributed by atoms with Gasteiger partial charge in [0.25, 0.3) is 5.91 Å². The van der Waals surface area contributed by atoms with Gasteiger partial charge in [0.2, 0.25) is 12.2 Å². The van der Waals surface area contributed by atoms with Gasteiger partial charge in [-0.3, -0.25) is 4.79 Å². The Bertz CT molecular complexity index is 1240.